The van der Waals surface area contributed by atoms with Gasteiger partial charge >= 0.3 is 5.97 Å². The molecule has 1 fully saturated rings. The number of nitrogens with zero attached hydrogens (tertiary/aromatic N) is 1. The average Bonchev–Trinajstić information content (AvgIpc) is 2.63. The van der Waals surface area contributed by atoms with E-state index in [9.17, 15) is 18.0 Å². The number of nitrogens with one attached hydrogen (secondary N) is 1. The average molecular weight is 380 g/mol. The molecule has 0 saturated carbocycles. The minimum Gasteiger partial charge on any atom is -0.449 e. The third-order valence-electron chi connectivity index (χ3n) is 4.04. The maximum absolute atomic E-state index is 12.6. The monoisotopic (exact) mass is 380 g/mol. The van der Waals surface area contributed by atoms with Crippen LogP contribution in [0.4, 0.5) is 5.69 Å². The Bertz CT molecular complexity index is 765. The van der Waals surface area contributed by atoms with Crippen LogP contribution >= 0.6 is 0 Å². The molecule has 1 heterocycles. The van der Waals surface area contributed by atoms with E-state index in [1.807, 2.05) is 0 Å². The van der Waals surface area contributed by atoms with Crippen LogP contribution in [0.2, 0.25) is 0 Å². The van der Waals surface area contributed by atoms with E-state index in [2.05, 4.69) is 5.32 Å². The molecule has 1 aliphatic rings. The third-order valence-corrected chi connectivity index (χ3v) is 5.95. The van der Waals surface area contributed by atoms with Gasteiger partial charge in [0.2, 0.25) is 10.0 Å². The van der Waals surface area contributed by atoms with E-state index < -0.39 is 28.0 Å². The predicted octanol–water partition coefficient (Wildman–Crippen LogP) is 2.31. The Balaban J connectivity index is 2.00. The van der Waals surface area contributed by atoms with Crippen LogP contribution in [-0.4, -0.2) is 43.8 Å². The summed E-state index contributed by atoms with van der Waals surface area (Å²) in [4.78, 5) is 23.6. The van der Waals surface area contributed by atoms with E-state index >= 15 is 0 Å². The number of ether oxygens (including phenoxy) is 1. The van der Waals surface area contributed by atoms with Crippen LogP contribution in [0.5, 0.6) is 0 Å². The molecule has 1 unspecified atom stereocenters. The number of allylic oxidation sites excluding steroid dienone is 1. The number of sulfonamides is 1. The summed E-state index contributed by atoms with van der Waals surface area (Å²) in [5.74, 6) is -1.09. The van der Waals surface area contributed by atoms with Crippen LogP contribution in [-0.2, 0) is 24.3 Å². The second-order valence-corrected chi connectivity index (χ2v) is 8.00. The van der Waals surface area contributed by atoms with E-state index in [4.69, 9.17) is 4.74 Å². The molecule has 0 aromatic heterocycles. The van der Waals surface area contributed by atoms with Crippen molar-refractivity contribution in [1.82, 2.24) is 4.31 Å². The molecule has 26 heavy (non-hydrogen) atoms. The second-order valence-electron chi connectivity index (χ2n) is 6.06. The van der Waals surface area contributed by atoms with Crippen LogP contribution < -0.4 is 5.32 Å². The molecule has 1 aromatic carbocycles. The molecule has 7 nitrogen and oxygen atoms in total. The normalized spacial score (nSPS) is 17.0. The highest BCUT2D eigenvalue weighted by molar-refractivity contribution is 7.89. The summed E-state index contributed by atoms with van der Waals surface area (Å²) in [5.41, 5.74) is 0.432. The molecular weight excluding hydrogens is 356 g/mol. The zero-order valence-electron chi connectivity index (χ0n) is 15.0. The van der Waals surface area contributed by atoms with Gasteiger partial charge in [-0.05, 0) is 51.0 Å². The van der Waals surface area contributed by atoms with Crippen molar-refractivity contribution in [1.29, 1.82) is 0 Å². The quantitative estimate of drug-likeness (QED) is 0.604. The number of anilines is 1. The molecule has 0 spiro atoms. The molecule has 1 aliphatic heterocycles. The zero-order chi connectivity index (χ0) is 19.2. The van der Waals surface area contributed by atoms with E-state index in [-0.39, 0.29) is 4.90 Å². The van der Waals surface area contributed by atoms with Gasteiger partial charge in [0, 0.05) is 24.9 Å². The molecule has 8 heteroatoms. The Hall–Kier alpha value is -2.19. The number of piperidine rings is 1. The number of carbonyl (C=O) groups excluding carboxylic acids is 2. The highest BCUT2D eigenvalue weighted by Crippen LogP contribution is 2.22. The number of esters is 1. The predicted molar refractivity (Wildman–Crippen MR) is 98.0 cm³/mol. The summed E-state index contributed by atoms with van der Waals surface area (Å²) >= 11 is 0. The van der Waals surface area contributed by atoms with E-state index in [0.717, 1.165) is 19.3 Å². The lowest BCUT2D eigenvalue weighted by Gasteiger charge is -2.25. The van der Waals surface area contributed by atoms with E-state index in [0.29, 0.717) is 18.8 Å². The van der Waals surface area contributed by atoms with Gasteiger partial charge in [0.05, 0.1) is 4.90 Å². The Kier molecular flexibility index (Phi) is 6.93. The first-order valence-electron chi connectivity index (χ1n) is 8.59. The van der Waals surface area contributed by atoms with Crippen molar-refractivity contribution in [2.45, 2.75) is 44.1 Å². The highest BCUT2D eigenvalue weighted by Gasteiger charge is 2.25. The minimum absolute atomic E-state index is 0.199. The maximum Gasteiger partial charge on any atom is 0.331 e. The largest absolute Gasteiger partial charge is 0.449 e. The minimum atomic E-state index is -3.50. The van der Waals surface area contributed by atoms with Gasteiger partial charge in [0.1, 0.15) is 0 Å². The number of hydrogen-bond donors (Lipinski definition) is 1. The van der Waals surface area contributed by atoms with Crippen LogP contribution in [0.15, 0.2) is 41.3 Å². The van der Waals surface area contributed by atoms with E-state index in [1.165, 1.54) is 47.6 Å². The molecule has 0 aliphatic carbocycles. The molecule has 0 radical (unpaired) electrons. The first-order valence-corrected chi connectivity index (χ1v) is 10.0. The number of hydrogen-bond acceptors (Lipinski definition) is 5. The Morgan fingerprint density at radius 2 is 1.77 bits per heavy atom. The molecular formula is C18H24N2O5S. The Morgan fingerprint density at radius 3 is 2.35 bits per heavy atom. The number of carbonyl (C=O) groups is 2. The highest BCUT2D eigenvalue weighted by atomic mass is 32.2. The Morgan fingerprint density at radius 1 is 1.15 bits per heavy atom. The fourth-order valence-electron chi connectivity index (χ4n) is 2.61. The van der Waals surface area contributed by atoms with Crippen LogP contribution in [0.25, 0.3) is 0 Å². The van der Waals surface area contributed by atoms with E-state index in [1.54, 1.807) is 6.92 Å². The summed E-state index contributed by atoms with van der Waals surface area (Å²) < 4.78 is 31.6. The van der Waals surface area contributed by atoms with Crippen molar-refractivity contribution in [3.05, 3.63) is 36.4 Å². The number of amides is 1. The number of rotatable bonds is 6. The first kappa shape index (κ1) is 20.1. The molecule has 142 valence electrons. The van der Waals surface area contributed by atoms with Crippen LogP contribution in [0.3, 0.4) is 0 Å². The summed E-state index contributed by atoms with van der Waals surface area (Å²) in [6, 6.07) is 5.98. The molecule has 1 atom stereocenters. The lowest BCUT2D eigenvalue weighted by Crippen LogP contribution is -2.35. The SMILES string of the molecule is C/C=C/C(=O)OC(C)C(=O)Nc1ccc(S(=O)(=O)N2CCCCC2)cc1. The van der Waals surface area contributed by atoms with Gasteiger partial charge in [0.25, 0.3) is 5.91 Å². The van der Waals surface area contributed by atoms with Crippen molar-refractivity contribution in [3.63, 3.8) is 0 Å². The topological polar surface area (TPSA) is 92.8 Å². The second kappa shape index (κ2) is 8.95. The fraction of sp³-hybridized carbons (Fsp3) is 0.444. The third kappa shape index (κ3) is 5.15. The molecule has 1 aromatic rings. The standard InChI is InChI=1S/C18H24N2O5S/c1-3-7-17(21)25-14(2)18(22)19-15-8-10-16(11-9-15)26(23,24)20-12-5-4-6-13-20/h3,7-11,14H,4-6,12-13H2,1-2H3,(H,19,22)/b7-3+. The summed E-state index contributed by atoms with van der Waals surface area (Å²) in [6.45, 7) is 4.21. The van der Waals surface area contributed by atoms with Gasteiger partial charge in [-0.15, -0.1) is 0 Å². The van der Waals surface area contributed by atoms with Gasteiger partial charge in [-0.2, -0.15) is 4.31 Å². The zero-order valence-corrected chi connectivity index (χ0v) is 15.8. The maximum atomic E-state index is 12.6. The molecule has 1 N–H and O–H groups in total. The lowest BCUT2D eigenvalue weighted by atomic mass is 10.2. The van der Waals surface area contributed by atoms with Gasteiger partial charge in [-0.25, -0.2) is 13.2 Å². The van der Waals surface area contributed by atoms with Gasteiger partial charge in [-0.3, -0.25) is 4.79 Å². The summed E-state index contributed by atoms with van der Waals surface area (Å²) in [7, 11) is -3.50. The lowest BCUT2D eigenvalue weighted by molar-refractivity contribution is -0.148. The first-order chi connectivity index (χ1) is 12.3. The molecule has 0 bridgehead atoms. The van der Waals surface area contributed by atoms with Crippen molar-refractivity contribution in [2.24, 2.45) is 0 Å². The van der Waals surface area contributed by atoms with Crippen molar-refractivity contribution in [3.8, 4) is 0 Å². The number of benzene rings is 1. The van der Waals surface area contributed by atoms with Crippen LogP contribution in [0.1, 0.15) is 33.1 Å². The van der Waals surface area contributed by atoms with Crippen LogP contribution in [0, 0.1) is 0 Å². The van der Waals surface area contributed by atoms with Gasteiger partial charge in [0.15, 0.2) is 6.10 Å². The molecule has 1 amide bonds. The van der Waals surface area contributed by atoms with Crippen molar-refractivity contribution >= 4 is 27.6 Å². The van der Waals surface area contributed by atoms with Crippen molar-refractivity contribution in [2.75, 3.05) is 18.4 Å². The smallest absolute Gasteiger partial charge is 0.331 e. The van der Waals surface area contributed by atoms with Gasteiger partial charge in [-0.1, -0.05) is 12.5 Å². The summed E-state index contributed by atoms with van der Waals surface area (Å²) in [6.07, 6.45) is 4.58. The molecule has 2 rings (SSSR count). The van der Waals surface area contributed by atoms with Crippen molar-refractivity contribution < 1.29 is 22.7 Å². The fourth-order valence-corrected chi connectivity index (χ4v) is 4.13. The Labute approximate surface area is 154 Å². The molecule has 1 saturated heterocycles. The summed E-state index contributed by atoms with van der Waals surface area (Å²) in [5, 5.41) is 2.60. The van der Waals surface area contributed by atoms with Gasteiger partial charge < -0.3 is 10.1 Å².